The van der Waals surface area contributed by atoms with Crippen LogP contribution in [-0.4, -0.2) is 39.8 Å². The third-order valence-corrected chi connectivity index (χ3v) is 6.48. The highest BCUT2D eigenvalue weighted by atomic mass is 32.2. The van der Waals surface area contributed by atoms with Gasteiger partial charge in [-0.2, -0.15) is 5.10 Å². The van der Waals surface area contributed by atoms with E-state index in [0.717, 1.165) is 0 Å². The Balaban J connectivity index is 1.90. The number of nitrogens with one attached hydrogen (secondary N) is 2. The smallest absolute Gasteiger partial charge is 0.277 e. The zero-order chi connectivity index (χ0) is 24.7. The first kappa shape index (κ1) is 23.4. The first-order chi connectivity index (χ1) is 16.0. The summed E-state index contributed by atoms with van der Waals surface area (Å²) in [5.74, 6) is 0.772. The van der Waals surface area contributed by atoms with Gasteiger partial charge in [-0.1, -0.05) is 26.8 Å². The van der Waals surface area contributed by atoms with Crippen LogP contribution in [0.1, 0.15) is 33.4 Å². The molecule has 0 aliphatic heterocycles. The molecule has 11 heteroatoms. The van der Waals surface area contributed by atoms with Crippen LogP contribution in [0, 0.1) is 0 Å². The number of pyridine rings is 1. The predicted molar refractivity (Wildman–Crippen MR) is 129 cm³/mol. The van der Waals surface area contributed by atoms with E-state index >= 15 is 0 Å². The second-order valence-electron chi connectivity index (χ2n) is 8.75. The number of hydrogen-bond donors (Lipinski definition) is 2. The highest BCUT2D eigenvalue weighted by molar-refractivity contribution is 7.92. The summed E-state index contributed by atoms with van der Waals surface area (Å²) in [5.41, 5.74) is 1.05. The average molecular weight is 483 g/mol. The first-order valence-corrected chi connectivity index (χ1v) is 12.2. The Morgan fingerprint density at radius 1 is 1.18 bits per heavy atom. The Kier molecular flexibility index (Phi) is 5.90. The minimum atomic E-state index is -3.96. The van der Waals surface area contributed by atoms with Crippen LogP contribution in [-0.2, 0) is 22.5 Å². The molecule has 0 fully saturated rings. The van der Waals surface area contributed by atoms with Crippen molar-refractivity contribution in [2.45, 2.75) is 38.0 Å². The van der Waals surface area contributed by atoms with Gasteiger partial charge in [0, 0.05) is 18.7 Å². The fraction of sp³-hybridized carbons (Fsp3) is 0.304. The van der Waals surface area contributed by atoms with Crippen molar-refractivity contribution in [3.05, 3.63) is 58.6 Å². The van der Waals surface area contributed by atoms with Gasteiger partial charge < -0.3 is 9.72 Å². The van der Waals surface area contributed by atoms with Gasteiger partial charge in [0.1, 0.15) is 22.9 Å². The molecule has 0 atom stereocenters. The number of fused-ring (bicyclic) bond motifs is 1. The van der Waals surface area contributed by atoms with Crippen LogP contribution < -0.4 is 15.0 Å². The fourth-order valence-electron chi connectivity index (χ4n) is 3.57. The molecule has 0 aliphatic carbocycles. The molecule has 0 radical (unpaired) electrons. The van der Waals surface area contributed by atoms with Crippen molar-refractivity contribution in [2.24, 2.45) is 7.05 Å². The molecule has 3 heterocycles. The molecule has 0 amide bonds. The summed E-state index contributed by atoms with van der Waals surface area (Å²) in [6.07, 6.45) is 1.49. The number of anilines is 1. The van der Waals surface area contributed by atoms with Gasteiger partial charge in [-0.25, -0.2) is 18.4 Å². The lowest BCUT2D eigenvalue weighted by Gasteiger charge is -2.15. The van der Waals surface area contributed by atoms with Gasteiger partial charge in [-0.3, -0.25) is 14.2 Å². The number of ether oxygens (including phenoxy) is 1. The molecule has 0 spiro atoms. The third kappa shape index (κ3) is 4.38. The molecule has 0 saturated heterocycles. The van der Waals surface area contributed by atoms with Crippen molar-refractivity contribution in [1.29, 1.82) is 0 Å². The molecule has 1 aromatic carbocycles. The maximum Gasteiger partial charge on any atom is 0.277 e. The Bertz CT molecular complexity index is 1520. The van der Waals surface area contributed by atoms with E-state index in [1.807, 2.05) is 27.7 Å². The van der Waals surface area contributed by atoms with E-state index < -0.39 is 10.0 Å². The number of sulfonamides is 1. The Labute approximate surface area is 197 Å². The van der Waals surface area contributed by atoms with Gasteiger partial charge in [-0.15, -0.1) is 0 Å². The predicted octanol–water partition coefficient (Wildman–Crippen LogP) is 3.22. The summed E-state index contributed by atoms with van der Waals surface area (Å²) in [5, 5.41) is 4.51. The molecule has 3 aromatic heterocycles. The highest BCUT2D eigenvalue weighted by Crippen LogP contribution is 2.33. The van der Waals surface area contributed by atoms with Gasteiger partial charge in [0.2, 0.25) is 0 Å². The maximum atomic E-state index is 13.0. The molecule has 34 heavy (non-hydrogen) atoms. The van der Waals surface area contributed by atoms with E-state index in [2.05, 4.69) is 19.8 Å². The Hall–Kier alpha value is -3.73. The highest BCUT2D eigenvalue weighted by Gasteiger charge is 2.26. The van der Waals surface area contributed by atoms with E-state index in [-0.39, 0.29) is 27.5 Å². The zero-order valence-corrected chi connectivity index (χ0v) is 20.4. The van der Waals surface area contributed by atoms with Crippen LogP contribution in [0.3, 0.4) is 0 Å². The fourth-order valence-corrected chi connectivity index (χ4v) is 4.61. The molecule has 0 unspecified atom stereocenters. The molecule has 2 N–H and O–H groups in total. The minimum Gasteiger partial charge on any atom is -0.493 e. The number of aryl methyl sites for hydroxylation is 1. The molecular formula is C23H26N6O4S. The number of benzene rings is 1. The second kappa shape index (κ2) is 8.56. The van der Waals surface area contributed by atoms with Crippen LogP contribution in [0.25, 0.3) is 22.4 Å². The average Bonchev–Trinajstić information content (AvgIpc) is 3.12. The lowest BCUT2D eigenvalue weighted by atomic mass is 9.91. The van der Waals surface area contributed by atoms with E-state index in [0.29, 0.717) is 34.6 Å². The number of H-pyrrole nitrogens is 1. The number of rotatable bonds is 6. The van der Waals surface area contributed by atoms with Crippen LogP contribution in [0.4, 0.5) is 5.82 Å². The SMILES string of the molecule is CCOc1ccc(S(=O)(=O)Nc2ccccn2)cc1-c1nc2c(C(C)(C)C)nn(C)c2c(=O)[nH]1. The quantitative estimate of drug-likeness (QED) is 0.431. The van der Waals surface area contributed by atoms with Gasteiger partial charge in [0.05, 0.1) is 22.8 Å². The number of aromatic amines is 1. The van der Waals surface area contributed by atoms with Crippen LogP contribution in [0.5, 0.6) is 5.75 Å². The molecule has 10 nitrogen and oxygen atoms in total. The maximum absolute atomic E-state index is 13.0. The van der Waals surface area contributed by atoms with Gasteiger partial charge in [0.15, 0.2) is 5.52 Å². The van der Waals surface area contributed by atoms with Gasteiger partial charge >= 0.3 is 0 Å². The number of hydrogen-bond acceptors (Lipinski definition) is 7. The summed E-state index contributed by atoms with van der Waals surface area (Å²) in [6.45, 7) is 8.12. The molecule has 178 valence electrons. The molecular weight excluding hydrogens is 456 g/mol. The van der Waals surface area contributed by atoms with Crippen molar-refractivity contribution < 1.29 is 13.2 Å². The summed E-state index contributed by atoms with van der Waals surface area (Å²) in [7, 11) is -2.27. The van der Waals surface area contributed by atoms with Crippen LogP contribution in [0.2, 0.25) is 0 Å². The Morgan fingerprint density at radius 3 is 2.59 bits per heavy atom. The first-order valence-electron chi connectivity index (χ1n) is 10.7. The summed E-state index contributed by atoms with van der Waals surface area (Å²) >= 11 is 0. The summed E-state index contributed by atoms with van der Waals surface area (Å²) < 4.78 is 35.7. The zero-order valence-electron chi connectivity index (χ0n) is 19.6. The monoisotopic (exact) mass is 482 g/mol. The molecule has 4 aromatic rings. The van der Waals surface area contributed by atoms with Gasteiger partial charge in [0.25, 0.3) is 15.6 Å². The lowest BCUT2D eigenvalue weighted by molar-refractivity contribution is 0.341. The van der Waals surface area contributed by atoms with Crippen molar-refractivity contribution in [2.75, 3.05) is 11.3 Å². The van der Waals surface area contributed by atoms with Crippen LogP contribution >= 0.6 is 0 Å². The minimum absolute atomic E-state index is 0.0263. The molecule has 0 bridgehead atoms. The van der Waals surface area contributed by atoms with Crippen molar-refractivity contribution in [3.8, 4) is 17.1 Å². The Morgan fingerprint density at radius 2 is 1.94 bits per heavy atom. The summed E-state index contributed by atoms with van der Waals surface area (Å²) in [6, 6.07) is 9.32. The molecule has 4 rings (SSSR count). The second-order valence-corrected chi connectivity index (χ2v) is 10.4. The number of nitrogens with zero attached hydrogens (tertiary/aromatic N) is 4. The third-order valence-electron chi connectivity index (χ3n) is 5.12. The lowest BCUT2D eigenvalue weighted by Crippen LogP contribution is -2.16. The van der Waals surface area contributed by atoms with Crippen LogP contribution in [0.15, 0.2) is 52.3 Å². The molecule has 0 saturated carbocycles. The number of aromatic nitrogens is 5. The summed E-state index contributed by atoms with van der Waals surface area (Å²) in [4.78, 5) is 24.4. The van der Waals surface area contributed by atoms with E-state index in [4.69, 9.17) is 9.72 Å². The van der Waals surface area contributed by atoms with E-state index in [1.165, 1.54) is 23.0 Å². The topological polar surface area (TPSA) is 132 Å². The standard InChI is InChI=1S/C23H26N6O4S/c1-6-33-16-11-10-14(34(31,32)28-17-9-7-8-12-24-17)13-15(16)21-25-18-19(22(30)26-21)29(5)27-20(18)23(2,3)4/h7-13H,6H2,1-5H3,(H,24,28)(H,25,26,30). The van der Waals surface area contributed by atoms with E-state index in [9.17, 15) is 13.2 Å². The molecule has 0 aliphatic rings. The van der Waals surface area contributed by atoms with E-state index in [1.54, 1.807) is 31.3 Å². The van der Waals surface area contributed by atoms with Crippen molar-refractivity contribution in [1.82, 2.24) is 24.7 Å². The van der Waals surface area contributed by atoms with Crippen molar-refractivity contribution in [3.63, 3.8) is 0 Å². The van der Waals surface area contributed by atoms with Crippen molar-refractivity contribution >= 4 is 26.9 Å². The van der Waals surface area contributed by atoms with Gasteiger partial charge in [-0.05, 0) is 37.3 Å². The normalized spacial score (nSPS) is 12.1. The largest absolute Gasteiger partial charge is 0.493 e.